The van der Waals surface area contributed by atoms with Crippen molar-refractivity contribution in [1.82, 2.24) is 5.32 Å². The van der Waals surface area contributed by atoms with E-state index >= 15 is 0 Å². The zero-order chi connectivity index (χ0) is 20.0. The fraction of sp³-hybridized carbons (Fsp3) is 0.591. The van der Waals surface area contributed by atoms with Crippen molar-refractivity contribution in [2.24, 2.45) is 16.5 Å². The normalized spacial score (nSPS) is 27.8. The highest BCUT2D eigenvalue weighted by molar-refractivity contribution is 6.00. The zero-order valence-corrected chi connectivity index (χ0v) is 16.5. The SMILES string of the molecule is CCOC(=O)CC1CCC2(CC1)CCC(C(=O)c1ccc(C=NO)cc1)NC2. The molecule has 0 radical (unpaired) electrons. The minimum Gasteiger partial charge on any atom is -0.466 e. The number of carbonyl (C=O) groups excluding carboxylic acids is 2. The van der Waals surface area contributed by atoms with Crippen molar-refractivity contribution in [3.63, 3.8) is 0 Å². The summed E-state index contributed by atoms with van der Waals surface area (Å²) >= 11 is 0. The van der Waals surface area contributed by atoms with Crippen molar-refractivity contribution in [2.75, 3.05) is 13.2 Å². The van der Waals surface area contributed by atoms with Crippen LogP contribution in [-0.4, -0.2) is 42.4 Å². The lowest BCUT2D eigenvalue weighted by molar-refractivity contribution is -0.144. The average Bonchev–Trinajstić information content (AvgIpc) is 2.71. The number of carbonyl (C=O) groups is 2. The van der Waals surface area contributed by atoms with Crippen LogP contribution in [0.3, 0.4) is 0 Å². The highest BCUT2D eigenvalue weighted by atomic mass is 16.5. The van der Waals surface area contributed by atoms with Crippen molar-refractivity contribution in [2.45, 2.75) is 57.9 Å². The van der Waals surface area contributed by atoms with Crippen LogP contribution in [0.25, 0.3) is 0 Å². The molecule has 152 valence electrons. The number of rotatable bonds is 6. The van der Waals surface area contributed by atoms with E-state index in [0.29, 0.717) is 24.5 Å². The summed E-state index contributed by atoms with van der Waals surface area (Å²) in [6, 6.07) is 6.99. The van der Waals surface area contributed by atoms with Gasteiger partial charge in [-0.2, -0.15) is 0 Å². The molecule has 2 N–H and O–H groups in total. The summed E-state index contributed by atoms with van der Waals surface area (Å²) in [6.07, 6.45) is 8.13. The van der Waals surface area contributed by atoms with Gasteiger partial charge >= 0.3 is 5.97 Å². The number of nitrogens with zero attached hydrogens (tertiary/aromatic N) is 1. The van der Waals surface area contributed by atoms with Crippen LogP contribution in [-0.2, 0) is 9.53 Å². The minimum absolute atomic E-state index is 0.0767. The second kappa shape index (κ2) is 9.32. The number of benzene rings is 1. The molecule has 1 aromatic rings. The number of hydrogen-bond donors (Lipinski definition) is 2. The number of ketones is 1. The van der Waals surface area contributed by atoms with Gasteiger partial charge in [0.25, 0.3) is 0 Å². The standard InChI is InChI=1S/C22H30N2O4/c1-2-28-20(25)13-16-7-10-22(11-8-16)12-9-19(23-15-22)21(26)18-5-3-17(4-6-18)14-24-27/h3-6,14,16,19,23,27H,2,7-13,15H2,1H3. The molecule has 1 unspecified atom stereocenters. The third kappa shape index (κ3) is 4.98. The molecular weight excluding hydrogens is 356 g/mol. The van der Waals surface area contributed by atoms with Gasteiger partial charge in [0.2, 0.25) is 0 Å². The molecule has 1 aliphatic heterocycles. The molecule has 0 bridgehead atoms. The van der Waals surface area contributed by atoms with Gasteiger partial charge in [-0.15, -0.1) is 0 Å². The Morgan fingerprint density at radius 2 is 1.89 bits per heavy atom. The van der Waals surface area contributed by atoms with E-state index in [9.17, 15) is 9.59 Å². The van der Waals surface area contributed by atoms with Gasteiger partial charge < -0.3 is 15.3 Å². The van der Waals surface area contributed by atoms with Crippen LogP contribution in [0, 0.1) is 11.3 Å². The van der Waals surface area contributed by atoms with E-state index in [4.69, 9.17) is 9.94 Å². The quantitative estimate of drug-likeness (QED) is 0.257. The molecular formula is C22H30N2O4. The van der Waals surface area contributed by atoms with Crippen LogP contribution >= 0.6 is 0 Å². The zero-order valence-electron chi connectivity index (χ0n) is 16.5. The molecule has 1 atom stereocenters. The lowest BCUT2D eigenvalue weighted by Gasteiger charge is -2.45. The molecule has 1 saturated carbocycles. The second-order valence-electron chi connectivity index (χ2n) is 8.16. The largest absolute Gasteiger partial charge is 0.466 e. The van der Waals surface area contributed by atoms with Crippen molar-refractivity contribution in [3.8, 4) is 0 Å². The van der Waals surface area contributed by atoms with E-state index in [1.165, 1.54) is 6.21 Å². The van der Waals surface area contributed by atoms with E-state index < -0.39 is 0 Å². The number of Topliss-reactive ketones (excluding diaryl/α,β-unsaturated/α-hetero) is 1. The highest BCUT2D eigenvalue weighted by Crippen LogP contribution is 2.45. The fourth-order valence-electron chi connectivity index (χ4n) is 4.58. The Labute approximate surface area is 166 Å². The summed E-state index contributed by atoms with van der Waals surface area (Å²) in [5.41, 5.74) is 1.71. The van der Waals surface area contributed by atoms with Gasteiger partial charge in [0.1, 0.15) is 0 Å². The van der Waals surface area contributed by atoms with Gasteiger partial charge in [0, 0.05) is 18.5 Å². The van der Waals surface area contributed by atoms with Gasteiger partial charge in [-0.3, -0.25) is 9.59 Å². The number of oxime groups is 1. The van der Waals surface area contributed by atoms with Gasteiger partial charge in [0.05, 0.1) is 18.9 Å². The molecule has 28 heavy (non-hydrogen) atoms. The van der Waals surface area contributed by atoms with Crippen molar-refractivity contribution in [1.29, 1.82) is 0 Å². The smallest absolute Gasteiger partial charge is 0.306 e. The Kier molecular flexibility index (Phi) is 6.83. The molecule has 0 amide bonds. The summed E-state index contributed by atoms with van der Waals surface area (Å²) in [4.78, 5) is 24.5. The number of ether oxygens (including phenoxy) is 1. The number of hydrogen-bond acceptors (Lipinski definition) is 6. The van der Waals surface area contributed by atoms with Gasteiger partial charge in [-0.05, 0) is 62.3 Å². The summed E-state index contributed by atoms with van der Waals surface area (Å²) in [5, 5.41) is 15.1. The van der Waals surface area contributed by atoms with Gasteiger partial charge in [-0.1, -0.05) is 29.4 Å². The maximum Gasteiger partial charge on any atom is 0.306 e. The third-order valence-corrected chi connectivity index (χ3v) is 6.33. The Morgan fingerprint density at radius 1 is 1.21 bits per heavy atom. The highest BCUT2D eigenvalue weighted by Gasteiger charge is 2.40. The summed E-state index contributed by atoms with van der Waals surface area (Å²) < 4.78 is 5.08. The topological polar surface area (TPSA) is 88.0 Å². The molecule has 1 spiro atoms. The average molecular weight is 386 g/mol. The van der Waals surface area contributed by atoms with E-state index in [1.807, 2.05) is 6.92 Å². The Morgan fingerprint density at radius 3 is 2.46 bits per heavy atom. The Balaban J connectivity index is 1.49. The number of nitrogens with one attached hydrogen (secondary N) is 1. The van der Waals surface area contributed by atoms with Crippen molar-refractivity contribution in [3.05, 3.63) is 35.4 Å². The van der Waals surface area contributed by atoms with Crippen LogP contribution in [0.2, 0.25) is 0 Å². The first-order chi connectivity index (χ1) is 13.5. The molecule has 3 rings (SSSR count). The van der Waals surface area contributed by atoms with Gasteiger partial charge in [-0.25, -0.2) is 0 Å². The molecule has 6 heteroatoms. The lowest BCUT2D eigenvalue weighted by atomic mass is 9.65. The fourth-order valence-corrected chi connectivity index (χ4v) is 4.58. The summed E-state index contributed by atoms with van der Waals surface area (Å²) in [7, 11) is 0. The van der Waals surface area contributed by atoms with E-state index in [2.05, 4.69) is 10.5 Å². The first kappa shape index (κ1) is 20.5. The van der Waals surface area contributed by atoms with E-state index in [-0.39, 0.29) is 23.2 Å². The molecule has 1 saturated heterocycles. The maximum absolute atomic E-state index is 12.8. The summed E-state index contributed by atoms with van der Waals surface area (Å²) in [6.45, 7) is 3.16. The van der Waals surface area contributed by atoms with Crippen LogP contribution in [0.1, 0.15) is 67.8 Å². The Hall–Kier alpha value is -2.21. The molecule has 1 aromatic carbocycles. The molecule has 6 nitrogen and oxygen atoms in total. The van der Waals surface area contributed by atoms with Crippen molar-refractivity contribution < 1.29 is 19.5 Å². The van der Waals surface area contributed by atoms with Crippen LogP contribution in [0.5, 0.6) is 0 Å². The molecule has 2 fully saturated rings. The first-order valence-corrected chi connectivity index (χ1v) is 10.3. The lowest BCUT2D eigenvalue weighted by Crippen LogP contribution is -2.50. The van der Waals surface area contributed by atoms with Crippen molar-refractivity contribution >= 4 is 18.0 Å². The second-order valence-corrected chi connectivity index (χ2v) is 8.16. The van der Waals surface area contributed by atoms with Gasteiger partial charge in [0.15, 0.2) is 5.78 Å². The van der Waals surface area contributed by atoms with Crippen LogP contribution in [0.4, 0.5) is 0 Å². The molecule has 2 aliphatic rings. The predicted octanol–water partition coefficient (Wildman–Crippen LogP) is 3.56. The van der Waals surface area contributed by atoms with Crippen LogP contribution < -0.4 is 5.32 Å². The monoisotopic (exact) mass is 386 g/mol. The third-order valence-electron chi connectivity index (χ3n) is 6.33. The minimum atomic E-state index is -0.139. The molecule has 1 heterocycles. The number of esters is 1. The molecule has 0 aromatic heterocycles. The van der Waals surface area contributed by atoms with E-state index in [0.717, 1.165) is 50.6 Å². The van der Waals surface area contributed by atoms with E-state index in [1.54, 1.807) is 24.3 Å². The molecule has 1 aliphatic carbocycles. The predicted molar refractivity (Wildman–Crippen MR) is 107 cm³/mol. The number of piperidine rings is 1. The summed E-state index contributed by atoms with van der Waals surface area (Å²) in [5.74, 6) is 0.482. The first-order valence-electron chi connectivity index (χ1n) is 10.3. The Bertz CT molecular complexity index is 696. The maximum atomic E-state index is 12.8. The van der Waals surface area contributed by atoms with Crippen LogP contribution in [0.15, 0.2) is 29.4 Å².